The first-order valence-electron chi connectivity index (χ1n) is 8.50. The SMILES string of the molecule is Cc1cccc(N2C=C(C(=O)c3ccccc3)S(=O)(=O)c3ccccc32)c1. The predicted molar refractivity (Wildman–Crippen MR) is 106 cm³/mol. The molecule has 0 N–H and O–H groups in total. The van der Waals surface area contributed by atoms with Crippen molar-refractivity contribution < 1.29 is 13.2 Å². The molecule has 0 aliphatic carbocycles. The van der Waals surface area contributed by atoms with Crippen molar-refractivity contribution in [1.82, 2.24) is 0 Å². The van der Waals surface area contributed by atoms with E-state index in [0.717, 1.165) is 11.3 Å². The molecule has 0 spiro atoms. The van der Waals surface area contributed by atoms with Gasteiger partial charge in [0.1, 0.15) is 4.91 Å². The molecular formula is C22H17NO3S. The molecule has 0 bridgehead atoms. The Morgan fingerprint density at radius 3 is 2.30 bits per heavy atom. The van der Waals surface area contributed by atoms with Crippen LogP contribution in [0.15, 0.2) is 94.9 Å². The van der Waals surface area contributed by atoms with Gasteiger partial charge in [0.15, 0.2) is 0 Å². The number of carbonyl (C=O) groups is 1. The number of Topliss-reactive ketones (excluding diaryl/α,β-unsaturated/α-hetero) is 1. The highest BCUT2D eigenvalue weighted by molar-refractivity contribution is 7.96. The van der Waals surface area contributed by atoms with Crippen molar-refractivity contribution in [2.45, 2.75) is 11.8 Å². The average Bonchev–Trinajstić information content (AvgIpc) is 2.68. The topological polar surface area (TPSA) is 54.5 Å². The number of rotatable bonds is 3. The van der Waals surface area contributed by atoms with Crippen LogP contribution in [0.1, 0.15) is 15.9 Å². The normalized spacial score (nSPS) is 15.0. The zero-order valence-corrected chi connectivity index (χ0v) is 15.5. The van der Waals surface area contributed by atoms with Crippen LogP contribution in [-0.2, 0) is 9.84 Å². The van der Waals surface area contributed by atoms with E-state index in [-0.39, 0.29) is 9.80 Å². The van der Waals surface area contributed by atoms with E-state index in [1.54, 1.807) is 59.5 Å². The largest absolute Gasteiger partial charge is 0.314 e. The number of carbonyl (C=O) groups excluding carboxylic acids is 1. The minimum absolute atomic E-state index is 0.133. The lowest BCUT2D eigenvalue weighted by atomic mass is 10.1. The summed E-state index contributed by atoms with van der Waals surface area (Å²) in [6.45, 7) is 1.97. The Morgan fingerprint density at radius 1 is 0.852 bits per heavy atom. The van der Waals surface area contributed by atoms with Crippen molar-refractivity contribution in [2.75, 3.05) is 4.90 Å². The van der Waals surface area contributed by atoms with Crippen LogP contribution in [0, 0.1) is 6.92 Å². The summed E-state index contributed by atoms with van der Waals surface area (Å²) in [4.78, 5) is 14.7. The molecule has 1 aliphatic rings. The maximum absolute atomic E-state index is 13.1. The van der Waals surface area contributed by atoms with Gasteiger partial charge in [-0.1, -0.05) is 54.6 Å². The molecule has 0 radical (unpaired) electrons. The number of allylic oxidation sites excluding steroid dienone is 1. The van der Waals surface area contributed by atoms with Gasteiger partial charge in [-0.3, -0.25) is 4.79 Å². The number of anilines is 2. The fraction of sp³-hybridized carbons (Fsp3) is 0.0455. The van der Waals surface area contributed by atoms with Gasteiger partial charge in [0, 0.05) is 17.5 Å². The quantitative estimate of drug-likeness (QED) is 0.626. The molecule has 0 atom stereocenters. The van der Waals surface area contributed by atoms with Crippen LogP contribution in [0.2, 0.25) is 0 Å². The summed E-state index contributed by atoms with van der Waals surface area (Å²) in [5, 5.41) is 0. The molecule has 5 heteroatoms. The van der Waals surface area contributed by atoms with Crippen LogP contribution in [0.3, 0.4) is 0 Å². The Balaban J connectivity index is 1.94. The Bertz CT molecular complexity index is 1160. The fourth-order valence-electron chi connectivity index (χ4n) is 3.16. The van der Waals surface area contributed by atoms with Gasteiger partial charge in [0.05, 0.1) is 10.6 Å². The van der Waals surface area contributed by atoms with Crippen LogP contribution < -0.4 is 4.90 Å². The summed E-state index contributed by atoms with van der Waals surface area (Å²) >= 11 is 0. The average molecular weight is 375 g/mol. The maximum atomic E-state index is 13.1. The van der Waals surface area contributed by atoms with E-state index in [2.05, 4.69) is 0 Å². The third kappa shape index (κ3) is 2.96. The van der Waals surface area contributed by atoms with Gasteiger partial charge < -0.3 is 4.90 Å². The third-order valence-corrected chi connectivity index (χ3v) is 6.28. The zero-order valence-electron chi connectivity index (χ0n) is 14.7. The summed E-state index contributed by atoms with van der Waals surface area (Å²) in [6, 6.07) is 22.9. The lowest BCUT2D eigenvalue weighted by Crippen LogP contribution is -2.25. The highest BCUT2D eigenvalue weighted by Crippen LogP contribution is 2.40. The second-order valence-corrected chi connectivity index (χ2v) is 8.26. The Hall–Kier alpha value is -3.18. The number of para-hydroxylation sites is 1. The van der Waals surface area contributed by atoms with Crippen molar-refractivity contribution >= 4 is 27.0 Å². The van der Waals surface area contributed by atoms with Crippen LogP contribution in [0.4, 0.5) is 11.4 Å². The van der Waals surface area contributed by atoms with Crippen molar-refractivity contribution in [1.29, 1.82) is 0 Å². The minimum atomic E-state index is -3.91. The standard InChI is InChI=1S/C22H17NO3S/c1-16-8-7-11-18(14-16)23-15-21(22(24)17-9-3-2-4-10-17)27(25,26)20-13-6-5-12-19(20)23/h2-15H,1H3. The first-order valence-corrected chi connectivity index (χ1v) is 9.98. The van der Waals surface area contributed by atoms with E-state index in [4.69, 9.17) is 0 Å². The van der Waals surface area contributed by atoms with Gasteiger partial charge in [-0.15, -0.1) is 0 Å². The molecule has 4 rings (SSSR count). The van der Waals surface area contributed by atoms with Gasteiger partial charge in [-0.25, -0.2) is 8.42 Å². The summed E-state index contributed by atoms with van der Waals surface area (Å²) in [6.07, 6.45) is 1.43. The molecule has 3 aromatic carbocycles. The van der Waals surface area contributed by atoms with Crippen molar-refractivity contribution in [3.63, 3.8) is 0 Å². The molecule has 3 aromatic rings. The third-order valence-electron chi connectivity index (χ3n) is 4.49. The number of ketones is 1. The van der Waals surface area contributed by atoms with E-state index in [0.29, 0.717) is 11.3 Å². The lowest BCUT2D eigenvalue weighted by molar-refractivity contribution is 0.104. The molecule has 0 saturated carbocycles. The first kappa shape index (κ1) is 17.2. The summed E-state index contributed by atoms with van der Waals surface area (Å²) in [7, 11) is -3.91. The summed E-state index contributed by atoms with van der Waals surface area (Å²) < 4.78 is 26.3. The number of aryl methyl sites for hydroxylation is 1. The molecule has 27 heavy (non-hydrogen) atoms. The van der Waals surface area contributed by atoms with E-state index in [1.807, 2.05) is 31.2 Å². The van der Waals surface area contributed by atoms with Crippen LogP contribution >= 0.6 is 0 Å². The number of fused-ring (bicyclic) bond motifs is 1. The predicted octanol–water partition coefficient (Wildman–Crippen LogP) is 4.64. The van der Waals surface area contributed by atoms with E-state index in [9.17, 15) is 13.2 Å². The van der Waals surface area contributed by atoms with Crippen LogP contribution in [-0.4, -0.2) is 14.2 Å². The lowest BCUT2D eigenvalue weighted by Gasteiger charge is -2.29. The summed E-state index contributed by atoms with van der Waals surface area (Å²) in [5.41, 5.74) is 2.72. The Morgan fingerprint density at radius 2 is 1.56 bits per heavy atom. The van der Waals surface area contributed by atoms with Crippen LogP contribution in [0.5, 0.6) is 0 Å². The van der Waals surface area contributed by atoms with Gasteiger partial charge in [0.2, 0.25) is 15.6 Å². The number of nitrogens with zero attached hydrogens (tertiary/aromatic N) is 1. The van der Waals surface area contributed by atoms with Crippen molar-refractivity contribution in [2.24, 2.45) is 0 Å². The number of sulfone groups is 1. The zero-order chi connectivity index (χ0) is 19.0. The summed E-state index contributed by atoms with van der Waals surface area (Å²) in [5.74, 6) is -0.511. The van der Waals surface area contributed by atoms with Gasteiger partial charge >= 0.3 is 0 Å². The van der Waals surface area contributed by atoms with Crippen LogP contribution in [0.25, 0.3) is 0 Å². The molecular weight excluding hydrogens is 358 g/mol. The van der Waals surface area contributed by atoms with Gasteiger partial charge in [-0.2, -0.15) is 0 Å². The first-order chi connectivity index (χ1) is 13.0. The number of hydrogen-bond donors (Lipinski definition) is 0. The molecule has 0 saturated heterocycles. The molecule has 0 aromatic heterocycles. The highest BCUT2D eigenvalue weighted by atomic mass is 32.2. The number of benzene rings is 3. The molecule has 0 amide bonds. The molecule has 134 valence electrons. The van der Waals surface area contributed by atoms with E-state index >= 15 is 0 Å². The molecule has 0 unspecified atom stereocenters. The van der Waals surface area contributed by atoms with E-state index in [1.165, 1.54) is 6.20 Å². The fourth-order valence-corrected chi connectivity index (χ4v) is 4.70. The molecule has 1 heterocycles. The van der Waals surface area contributed by atoms with Crippen molar-refractivity contribution in [3.05, 3.63) is 101 Å². The highest BCUT2D eigenvalue weighted by Gasteiger charge is 2.35. The maximum Gasteiger partial charge on any atom is 0.214 e. The van der Waals surface area contributed by atoms with Crippen molar-refractivity contribution in [3.8, 4) is 0 Å². The van der Waals surface area contributed by atoms with Gasteiger partial charge in [0.25, 0.3) is 0 Å². The van der Waals surface area contributed by atoms with E-state index < -0.39 is 15.6 Å². The molecule has 0 fully saturated rings. The molecule has 4 nitrogen and oxygen atoms in total. The second kappa shape index (κ2) is 6.52. The second-order valence-electron chi connectivity index (χ2n) is 6.37. The molecule has 1 aliphatic heterocycles. The number of hydrogen-bond acceptors (Lipinski definition) is 4. The smallest absolute Gasteiger partial charge is 0.214 e. The van der Waals surface area contributed by atoms with Gasteiger partial charge in [-0.05, 0) is 36.8 Å². The Kier molecular flexibility index (Phi) is 4.16. The minimum Gasteiger partial charge on any atom is -0.314 e. The monoisotopic (exact) mass is 375 g/mol. The Labute approximate surface area is 158 Å².